The molecule has 2 heterocycles. The van der Waals surface area contributed by atoms with Gasteiger partial charge in [0.2, 0.25) is 0 Å². The predicted octanol–water partition coefficient (Wildman–Crippen LogP) is 2.46. The van der Waals surface area contributed by atoms with Gasteiger partial charge in [-0.15, -0.1) is 0 Å². The standard InChI is InChI=1S/C17H16N4O2/c22-17(20-23)9-8-13-5-1-2-6-15(13)18-11-14-12-21-10-4-3-7-16(21)19-14/h1-10,12,18,23H,11H2,(H,20,22)/b9-8+. The van der Waals surface area contributed by atoms with Crippen LogP contribution in [0.5, 0.6) is 0 Å². The summed E-state index contributed by atoms with van der Waals surface area (Å²) in [6.45, 7) is 0.568. The third-order valence-corrected chi connectivity index (χ3v) is 3.36. The van der Waals surface area contributed by atoms with E-state index in [9.17, 15) is 4.79 Å². The molecule has 0 saturated carbocycles. The summed E-state index contributed by atoms with van der Waals surface area (Å²) in [5, 5.41) is 11.8. The van der Waals surface area contributed by atoms with Crippen molar-refractivity contribution in [2.45, 2.75) is 6.54 Å². The van der Waals surface area contributed by atoms with E-state index in [2.05, 4.69) is 10.3 Å². The number of nitrogens with one attached hydrogen (secondary N) is 2. The van der Waals surface area contributed by atoms with Gasteiger partial charge < -0.3 is 9.72 Å². The molecule has 0 aliphatic heterocycles. The van der Waals surface area contributed by atoms with Crippen LogP contribution in [-0.2, 0) is 11.3 Å². The average Bonchev–Trinajstić information content (AvgIpc) is 3.01. The molecule has 0 bridgehead atoms. The first-order chi connectivity index (χ1) is 11.3. The quantitative estimate of drug-likeness (QED) is 0.384. The van der Waals surface area contributed by atoms with Crippen molar-refractivity contribution in [2.75, 3.05) is 5.32 Å². The Morgan fingerprint density at radius 2 is 2.04 bits per heavy atom. The Balaban J connectivity index is 1.75. The molecule has 2 aromatic heterocycles. The first-order valence-corrected chi connectivity index (χ1v) is 7.14. The van der Waals surface area contributed by atoms with E-state index in [1.807, 2.05) is 59.3 Å². The summed E-state index contributed by atoms with van der Waals surface area (Å²) < 4.78 is 1.97. The van der Waals surface area contributed by atoms with Crippen molar-refractivity contribution in [3.8, 4) is 0 Å². The number of benzene rings is 1. The topological polar surface area (TPSA) is 78.7 Å². The van der Waals surface area contributed by atoms with E-state index in [0.29, 0.717) is 6.54 Å². The van der Waals surface area contributed by atoms with Crippen LogP contribution in [0.15, 0.2) is 60.9 Å². The number of hydrogen-bond acceptors (Lipinski definition) is 4. The highest BCUT2D eigenvalue weighted by Gasteiger charge is 2.03. The molecule has 0 radical (unpaired) electrons. The minimum absolute atomic E-state index is 0.568. The minimum atomic E-state index is -0.569. The molecule has 3 rings (SSSR count). The maximum absolute atomic E-state index is 11.1. The largest absolute Gasteiger partial charge is 0.379 e. The molecule has 1 aromatic carbocycles. The van der Waals surface area contributed by atoms with Crippen molar-refractivity contribution < 1.29 is 10.0 Å². The van der Waals surface area contributed by atoms with Gasteiger partial charge in [0, 0.05) is 24.2 Å². The molecular formula is C17H16N4O2. The van der Waals surface area contributed by atoms with Crippen LogP contribution >= 0.6 is 0 Å². The third kappa shape index (κ3) is 3.56. The first kappa shape index (κ1) is 14.8. The Morgan fingerprint density at radius 3 is 2.87 bits per heavy atom. The average molecular weight is 308 g/mol. The molecule has 0 aliphatic rings. The van der Waals surface area contributed by atoms with E-state index >= 15 is 0 Å². The lowest BCUT2D eigenvalue weighted by molar-refractivity contribution is -0.124. The number of carbonyl (C=O) groups is 1. The molecule has 1 amide bonds. The number of pyridine rings is 1. The van der Waals surface area contributed by atoms with E-state index < -0.39 is 5.91 Å². The van der Waals surface area contributed by atoms with Gasteiger partial charge in [0.05, 0.1) is 12.2 Å². The normalized spacial score (nSPS) is 11.0. The van der Waals surface area contributed by atoms with Gasteiger partial charge in [-0.3, -0.25) is 10.0 Å². The molecule has 0 unspecified atom stereocenters. The summed E-state index contributed by atoms with van der Waals surface area (Å²) >= 11 is 0. The fraction of sp³-hybridized carbons (Fsp3) is 0.0588. The van der Waals surface area contributed by atoms with Crippen molar-refractivity contribution in [3.05, 3.63) is 72.2 Å². The Hall–Kier alpha value is -3.12. The van der Waals surface area contributed by atoms with Crippen LogP contribution in [0.25, 0.3) is 11.7 Å². The van der Waals surface area contributed by atoms with Crippen molar-refractivity contribution in [1.82, 2.24) is 14.9 Å². The number of para-hydroxylation sites is 1. The molecular weight excluding hydrogens is 292 g/mol. The lowest BCUT2D eigenvalue weighted by Crippen LogP contribution is -2.14. The number of rotatable bonds is 5. The van der Waals surface area contributed by atoms with Crippen LogP contribution < -0.4 is 10.8 Å². The fourth-order valence-corrected chi connectivity index (χ4v) is 2.26. The van der Waals surface area contributed by atoms with Gasteiger partial charge in [-0.1, -0.05) is 24.3 Å². The van der Waals surface area contributed by atoms with Crippen LogP contribution in [0.4, 0.5) is 5.69 Å². The van der Waals surface area contributed by atoms with Gasteiger partial charge in [0.1, 0.15) is 5.65 Å². The maximum Gasteiger partial charge on any atom is 0.267 e. The lowest BCUT2D eigenvalue weighted by Gasteiger charge is -2.08. The van der Waals surface area contributed by atoms with Gasteiger partial charge in [0.15, 0.2) is 0 Å². The van der Waals surface area contributed by atoms with E-state index in [-0.39, 0.29) is 0 Å². The molecule has 0 spiro atoms. The van der Waals surface area contributed by atoms with Crippen molar-refractivity contribution in [1.29, 1.82) is 0 Å². The highest BCUT2D eigenvalue weighted by Crippen LogP contribution is 2.17. The van der Waals surface area contributed by atoms with Crippen molar-refractivity contribution in [2.24, 2.45) is 0 Å². The van der Waals surface area contributed by atoms with Gasteiger partial charge in [0.25, 0.3) is 5.91 Å². The van der Waals surface area contributed by atoms with Crippen LogP contribution in [0.1, 0.15) is 11.3 Å². The van der Waals surface area contributed by atoms with Crippen LogP contribution in [0.2, 0.25) is 0 Å². The Bertz CT molecular complexity index is 821. The number of nitrogens with zero attached hydrogens (tertiary/aromatic N) is 2. The number of hydrogen-bond donors (Lipinski definition) is 3. The number of amides is 1. The van der Waals surface area contributed by atoms with E-state index in [4.69, 9.17) is 5.21 Å². The Kier molecular flexibility index (Phi) is 4.35. The maximum atomic E-state index is 11.1. The summed E-state index contributed by atoms with van der Waals surface area (Å²) in [5.74, 6) is -0.569. The zero-order valence-electron chi connectivity index (χ0n) is 12.3. The number of imidazole rings is 1. The number of aromatic nitrogens is 2. The second-order valence-electron chi connectivity index (χ2n) is 4.95. The van der Waals surface area contributed by atoms with E-state index in [1.54, 1.807) is 11.6 Å². The summed E-state index contributed by atoms with van der Waals surface area (Å²) in [6, 6.07) is 13.5. The lowest BCUT2D eigenvalue weighted by atomic mass is 10.1. The van der Waals surface area contributed by atoms with E-state index in [0.717, 1.165) is 22.6 Å². The SMILES string of the molecule is O=C(/C=C/c1ccccc1NCc1cn2ccccc2n1)NO. The van der Waals surface area contributed by atoms with Crippen molar-refractivity contribution >= 4 is 23.3 Å². The fourth-order valence-electron chi connectivity index (χ4n) is 2.26. The first-order valence-electron chi connectivity index (χ1n) is 7.14. The highest BCUT2D eigenvalue weighted by atomic mass is 16.5. The van der Waals surface area contributed by atoms with Gasteiger partial charge in [-0.25, -0.2) is 10.5 Å². The summed E-state index contributed by atoms with van der Waals surface area (Å²) in [6.07, 6.45) is 6.83. The molecule has 6 heteroatoms. The predicted molar refractivity (Wildman–Crippen MR) is 87.9 cm³/mol. The molecule has 116 valence electrons. The minimum Gasteiger partial charge on any atom is -0.379 e. The molecule has 0 saturated heterocycles. The summed E-state index contributed by atoms with van der Waals surface area (Å²) in [7, 11) is 0. The molecule has 3 N–H and O–H groups in total. The van der Waals surface area contributed by atoms with Gasteiger partial charge in [-0.2, -0.15) is 0 Å². The Morgan fingerprint density at radius 1 is 1.22 bits per heavy atom. The Labute approximate surface area is 133 Å². The molecule has 0 aliphatic carbocycles. The molecule has 0 atom stereocenters. The molecule has 6 nitrogen and oxygen atoms in total. The molecule has 3 aromatic rings. The second kappa shape index (κ2) is 6.76. The number of fused-ring (bicyclic) bond motifs is 1. The number of carbonyl (C=O) groups excluding carboxylic acids is 1. The van der Waals surface area contributed by atoms with Crippen LogP contribution in [0, 0.1) is 0 Å². The van der Waals surface area contributed by atoms with Gasteiger partial charge in [-0.05, 0) is 29.8 Å². The second-order valence-corrected chi connectivity index (χ2v) is 4.95. The smallest absolute Gasteiger partial charge is 0.267 e. The molecule has 23 heavy (non-hydrogen) atoms. The zero-order chi connectivity index (χ0) is 16.1. The van der Waals surface area contributed by atoms with Crippen molar-refractivity contribution in [3.63, 3.8) is 0 Å². The third-order valence-electron chi connectivity index (χ3n) is 3.36. The number of hydroxylamine groups is 1. The van der Waals surface area contributed by atoms with E-state index in [1.165, 1.54) is 6.08 Å². The monoisotopic (exact) mass is 308 g/mol. The molecule has 0 fully saturated rings. The highest BCUT2D eigenvalue weighted by molar-refractivity contribution is 5.91. The van der Waals surface area contributed by atoms with Crippen LogP contribution in [0.3, 0.4) is 0 Å². The number of anilines is 1. The summed E-state index contributed by atoms with van der Waals surface area (Å²) in [4.78, 5) is 15.6. The van der Waals surface area contributed by atoms with Crippen LogP contribution in [-0.4, -0.2) is 20.5 Å². The summed E-state index contributed by atoms with van der Waals surface area (Å²) in [5.41, 5.74) is 5.12. The van der Waals surface area contributed by atoms with Gasteiger partial charge >= 0.3 is 0 Å². The zero-order valence-corrected chi connectivity index (χ0v) is 12.3.